The molecule has 3 rings (SSSR count). The van der Waals surface area contributed by atoms with E-state index in [1.807, 2.05) is 0 Å². The summed E-state index contributed by atoms with van der Waals surface area (Å²) in [4.78, 5) is 25.6. The Morgan fingerprint density at radius 2 is 2.10 bits per heavy atom. The van der Waals surface area contributed by atoms with Crippen molar-refractivity contribution in [3.05, 3.63) is 0 Å². The summed E-state index contributed by atoms with van der Waals surface area (Å²) in [5.74, 6) is -0.248. The Hall–Kier alpha value is -1.43. The number of piperidine rings is 1. The quantitative estimate of drug-likeness (QED) is 0.515. The highest BCUT2D eigenvalue weighted by Gasteiger charge is 2.49. The van der Waals surface area contributed by atoms with Crippen LogP contribution in [0.3, 0.4) is 0 Å². The van der Waals surface area contributed by atoms with Gasteiger partial charge >= 0.3 is 16.4 Å². The van der Waals surface area contributed by atoms with Crippen molar-refractivity contribution in [3.8, 4) is 0 Å². The maximum absolute atomic E-state index is 12.2. The van der Waals surface area contributed by atoms with Gasteiger partial charge in [-0.25, -0.2) is 4.79 Å². The number of fused-ring (bicyclic) bond motifs is 2. The van der Waals surface area contributed by atoms with Gasteiger partial charge in [-0.1, -0.05) is 0 Å². The molecular weight excluding hydrogens is 304 g/mol. The standard InChI is InChI=1S/C10H16N4O6S/c15-9(12-6-3-11-4-6)8-2-1-7-5-13(8)10(16)14(7)20-21(17,18)19/h6-8,11H,1-5H2,(H,12,15)(H,17,18,19)/t7-,8-/m0/s1. The molecule has 3 aliphatic rings. The number of urea groups is 1. The molecular formula is C10H16N4O6S. The summed E-state index contributed by atoms with van der Waals surface area (Å²) in [5, 5.41) is 6.49. The molecule has 0 unspecified atom stereocenters. The Balaban J connectivity index is 1.68. The first-order valence-corrected chi connectivity index (χ1v) is 7.99. The second kappa shape index (κ2) is 5.09. The number of carbonyl (C=O) groups excluding carboxylic acids is 2. The van der Waals surface area contributed by atoms with E-state index < -0.39 is 28.5 Å². The summed E-state index contributed by atoms with van der Waals surface area (Å²) in [6.45, 7) is 1.61. The van der Waals surface area contributed by atoms with Crippen LogP contribution in [0.4, 0.5) is 4.79 Å². The minimum atomic E-state index is -4.76. The normalized spacial score (nSPS) is 29.5. The van der Waals surface area contributed by atoms with Crippen LogP contribution in [0.25, 0.3) is 0 Å². The zero-order chi connectivity index (χ0) is 15.2. The van der Waals surface area contributed by atoms with E-state index in [9.17, 15) is 18.0 Å². The molecule has 11 heteroatoms. The second-order valence-electron chi connectivity index (χ2n) is 5.37. The van der Waals surface area contributed by atoms with Crippen molar-refractivity contribution >= 4 is 22.3 Å². The van der Waals surface area contributed by atoms with Crippen LogP contribution in [0.5, 0.6) is 0 Å². The molecule has 3 N–H and O–H groups in total. The van der Waals surface area contributed by atoms with Crippen LogP contribution in [0.15, 0.2) is 0 Å². The molecule has 0 aromatic heterocycles. The molecule has 0 aromatic carbocycles. The number of hydrogen-bond donors (Lipinski definition) is 3. The van der Waals surface area contributed by atoms with Crippen molar-refractivity contribution in [2.45, 2.75) is 31.0 Å². The molecule has 0 aliphatic carbocycles. The summed E-state index contributed by atoms with van der Waals surface area (Å²) in [7, 11) is -4.76. The molecule has 3 aliphatic heterocycles. The van der Waals surface area contributed by atoms with Crippen LogP contribution in [-0.2, 0) is 19.5 Å². The molecule has 0 aromatic rings. The molecule has 3 heterocycles. The first-order chi connectivity index (χ1) is 9.85. The first-order valence-electron chi connectivity index (χ1n) is 6.63. The Bertz CT molecular complexity index is 562. The number of carbonyl (C=O) groups is 2. The lowest BCUT2D eigenvalue weighted by Gasteiger charge is -2.33. The molecule has 21 heavy (non-hydrogen) atoms. The van der Waals surface area contributed by atoms with Crippen LogP contribution in [0.2, 0.25) is 0 Å². The molecule has 0 radical (unpaired) electrons. The predicted octanol–water partition coefficient (Wildman–Crippen LogP) is -1.92. The lowest BCUT2D eigenvalue weighted by atomic mass is 9.99. The largest absolute Gasteiger partial charge is 0.418 e. The van der Waals surface area contributed by atoms with Gasteiger partial charge in [0.2, 0.25) is 5.91 Å². The van der Waals surface area contributed by atoms with Crippen molar-refractivity contribution in [2.75, 3.05) is 19.6 Å². The molecule has 2 atom stereocenters. The lowest BCUT2D eigenvalue weighted by Crippen LogP contribution is -2.61. The fourth-order valence-corrected chi connectivity index (χ4v) is 3.18. The van der Waals surface area contributed by atoms with E-state index in [0.717, 1.165) is 0 Å². The zero-order valence-corrected chi connectivity index (χ0v) is 11.9. The molecule has 10 nitrogen and oxygen atoms in total. The number of nitrogens with one attached hydrogen (secondary N) is 2. The van der Waals surface area contributed by atoms with E-state index >= 15 is 0 Å². The van der Waals surface area contributed by atoms with Gasteiger partial charge in [0, 0.05) is 19.6 Å². The van der Waals surface area contributed by atoms with E-state index in [1.165, 1.54) is 4.90 Å². The van der Waals surface area contributed by atoms with Crippen molar-refractivity contribution in [2.24, 2.45) is 0 Å². The summed E-state index contributed by atoms with van der Waals surface area (Å²) in [6.07, 6.45) is 0.854. The van der Waals surface area contributed by atoms with Crippen LogP contribution in [0.1, 0.15) is 12.8 Å². The average Bonchev–Trinajstić information content (AvgIpc) is 2.58. The molecule has 3 amide bonds. The highest BCUT2D eigenvalue weighted by Crippen LogP contribution is 2.30. The molecule has 0 saturated carbocycles. The van der Waals surface area contributed by atoms with Crippen molar-refractivity contribution in [1.82, 2.24) is 20.6 Å². The molecule has 0 spiro atoms. The summed E-state index contributed by atoms with van der Waals surface area (Å²) in [5.41, 5.74) is 0. The van der Waals surface area contributed by atoms with Gasteiger partial charge in [-0.15, -0.1) is 4.28 Å². The number of hydrogen-bond acceptors (Lipinski definition) is 6. The topological polar surface area (TPSA) is 128 Å². The van der Waals surface area contributed by atoms with E-state index in [2.05, 4.69) is 14.9 Å². The zero-order valence-electron chi connectivity index (χ0n) is 11.1. The Labute approximate surface area is 121 Å². The van der Waals surface area contributed by atoms with E-state index in [1.54, 1.807) is 0 Å². The summed E-state index contributed by atoms with van der Waals surface area (Å²) < 4.78 is 34.5. The van der Waals surface area contributed by atoms with Crippen molar-refractivity contribution in [3.63, 3.8) is 0 Å². The third kappa shape index (κ3) is 2.81. The molecule has 118 valence electrons. The Kier molecular flexibility index (Phi) is 3.51. The first kappa shape index (κ1) is 14.5. The smallest absolute Gasteiger partial charge is 0.349 e. The molecule has 3 saturated heterocycles. The number of nitrogens with zero attached hydrogens (tertiary/aromatic N) is 2. The van der Waals surface area contributed by atoms with Gasteiger partial charge in [0.1, 0.15) is 6.04 Å². The summed E-state index contributed by atoms with van der Waals surface area (Å²) >= 11 is 0. The third-order valence-electron chi connectivity index (χ3n) is 3.93. The van der Waals surface area contributed by atoms with E-state index in [0.29, 0.717) is 31.0 Å². The predicted molar refractivity (Wildman–Crippen MR) is 68.2 cm³/mol. The third-order valence-corrected chi connectivity index (χ3v) is 4.28. The van der Waals surface area contributed by atoms with Gasteiger partial charge < -0.3 is 15.5 Å². The SMILES string of the molecule is O=C(NC1CNC1)[C@@H]1CC[C@H]2CN1C(=O)N2OS(=O)(=O)O. The minimum Gasteiger partial charge on any atom is -0.349 e. The van der Waals surface area contributed by atoms with Crippen molar-refractivity contribution < 1.29 is 26.8 Å². The van der Waals surface area contributed by atoms with Crippen LogP contribution in [-0.4, -0.2) is 72.6 Å². The number of hydroxylamine groups is 2. The van der Waals surface area contributed by atoms with Gasteiger partial charge in [0.15, 0.2) is 0 Å². The van der Waals surface area contributed by atoms with Gasteiger partial charge in [0.25, 0.3) is 0 Å². The molecule has 3 fully saturated rings. The monoisotopic (exact) mass is 320 g/mol. The Morgan fingerprint density at radius 1 is 1.38 bits per heavy atom. The van der Waals surface area contributed by atoms with Gasteiger partial charge in [-0.2, -0.15) is 13.5 Å². The average molecular weight is 320 g/mol. The highest BCUT2D eigenvalue weighted by molar-refractivity contribution is 7.80. The minimum absolute atomic E-state index is 0.0677. The van der Waals surface area contributed by atoms with Crippen LogP contribution in [0, 0.1) is 0 Å². The second-order valence-corrected chi connectivity index (χ2v) is 6.38. The van der Waals surface area contributed by atoms with Gasteiger partial charge in [-0.05, 0) is 12.8 Å². The van der Waals surface area contributed by atoms with Gasteiger partial charge in [-0.3, -0.25) is 9.35 Å². The van der Waals surface area contributed by atoms with Gasteiger partial charge in [0.05, 0.1) is 12.1 Å². The Morgan fingerprint density at radius 3 is 2.67 bits per heavy atom. The fourth-order valence-electron chi connectivity index (χ4n) is 2.79. The van der Waals surface area contributed by atoms with Crippen molar-refractivity contribution in [1.29, 1.82) is 0 Å². The number of rotatable bonds is 4. The summed E-state index contributed by atoms with van der Waals surface area (Å²) in [6, 6.07) is -1.77. The maximum atomic E-state index is 12.2. The van der Waals surface area contributed by atoms with Crippen LogP contribution >= 0.6 is 0 Å². The van der Waals surface area contributed by atoms with E-state index in [-0.39, 0.29) is 18.5 Å². The maximum Gasteiger partial charge on any atom is 0.418 e. The number of amides is 3. The van der Waals surface area contributed by atoms with E-state index in [4.69, 9.17) is 4.55 Å². The lowest BCUT2D eigenvalue weighted by molar-refractivity contribution is -0.127. The highest BCUT2D eigenvalue weighted by atomic mass is 32.3. The van der Waals surface area contributed by atoms with Crippen LogP contribution < -0.4 is 10.6 Å². The molecule has 2 bridgehead atoms. The fraction of sp³-hybridized carbons (Fsp3) is 0.800.